The van der Waals surface area contributed by atoms with Gasteiger partial charge in [-0.3, -0.25) is 14.6 Å². The molecule has 0 saturated heterocycles. The number of amides is 2. The van der Waals surface area contributed by atoms with Crippen molar-refractivity contribution in [2.24, 2.45) is 0 Å². The molecule has 0 radical (unpaired) electrons. The summed E-state index contributed by atoms with van der Waals surface area (Å²) >= 11 is 0. The van der Waals surface area contributed by atoms with E-state index in [9.17, 15) is 9.59 Å². The first kappa shape index (κ1) is 18.4. The molecule has 132 valence electrons. The maximum absolute atomic E-state index is 12.1. The number of anilines is 3. The molecule has 6 heteroatoms. The number of carbonyl (C=O) groups is 2. The topological polar surface area (TPSA) is 74.3 Å². The van der Waals surface area contributed by atoms with Crippen LogP contribution < -0.4 is 15.5 Å². The van der Waals surface area contributed by atoms with Gasteiger partial charge >= 0.3 is 11.8 Å². The predicted molar refractivity (Wildman–Crippen MR) is 101 cm³/mol. The zero-order valence-corrected chi connectivity index (χ0v) is 15.0. The highest BCUT2D eigenvalue weighted by atomic mass is 16.2. The molecular weight excluding hydrogens is 316 g/mol. The van der Waals surface area contributed by atoms with Gasteiger partial charge in [-0.15, -0.1) is 0 Å². The summed E-state index contributed by atoms with van der Waals surface area (Å²) in [4.78, 5) is 30.4. The summed E-state index contributed by atoms with van der Waals surface area (Å²) in [6, 6.07) is 11.2. The minimum atomic E-state index is -0.724. The van der Waals surface area contributed by atoms with Gasteiger partial charge in [-0.05, 0) is 64.1 Å². The lowest BCUT2D eigenvalue weighted by atomic mass is 10.2. The molecule has 2 rings (SSSR count). The lowest BCUT2D eigenvalue weighted by molar-refractivity contribution is -0.133. The van der Waals surface area contributed by atoms with Crippen LogP contribution in [0.25, 0.3) is 0 Å². The first-order valence-electron chi connectivity index (χ1n) is 8.33. The highest BCUT2D eigenvalue weighted by molar-refractivity contribution is 6.43. The zero-order valence-electron chi connectivity index (χ0n) is 15.0. The molecule has 0 saturated carbocycles. The van der Waals surface area contributed by atoms with Crippen molar-refractivity contribution in [1.29, 1.82) is 0 Å². The Balaban J connectivity index is 2.00. The Hall–Kier alpha value is -2.89. The van der Waals surface area contributed by atoms with E-state index in [4.69, 9.17) is 0 Å². The summed E-state index contributed by atoms with van der Waals surface area (Å²) in [7, 11) is 0. The molecule has 0 atom stereocenters. The van der Waals surface area contributed by atoms with Crippen LogP contribution in [0.15, 0.2) is 42.6 Å². The number of rotatable bonds is 5. The minimum Gasteiger partial charge on any atom is -0.369 e. The molecule has 25 heavy (non-hydrogen) atoms. The van der Waals surface area contributed by atoms with Crippen LogP contribution in [0.5, 0.6) is 0 Å². The Morgan fingerprint density at radius 1 is 1.08 bits per heavy atom. The molecule has 2 N–H and O–H groups in total. The number of carbonyl (C=O) groups excluding carboxylic acids is 2. The minimum absolute atomic E-state index is 0.388. The molecule has 1 aromatic carbocycles. The Morgan fingerprint density at radius 2 is 1.72 bits per heavy atom. The van der Waals surface area contributed by atoms with Crippen molar-refractivity contribution in [3.63, 3.8) is 0 Å². The number of hydrogen-bond donors (Lipinski definition) is 2. The van der Waals surface area contributed by atoms with Gasteiger partial charge in [-0.1, -0.05) is 0 Å². The summed E-state index contributed by atoms with van der Waals surface area (Å²) < 4.78 is 0. The van der Waals surface area contributed by atoms with E-state index in [-0.39, 0.29) is 0 Å². The third-order valence-corrected chi connectivity index (χ3v) is 3.88. The van der Waals surface area contributed by atoms with E-state index >= 15 is 0 Å². The quantitative estimate of drug-likeness (QED) is 0.820. The summed E-state index contributed by atoms with van der Waals surface area (Å²) in [5.74, 6) is -1.44. The lowest BCUT2D eigenvalue weighted by Crippen LogP contribution is -2.30. The van der Waals surface area contributed by atoms with Crippen LogP contribution in [-0.2, 0) is 9.59 Å². The number of nitrogens with zero attached hydrogens (tertiary/aromatic N) is 2. The molecule has 2 aromatic rings. The molecule has 0 aliphatic rings. The van der Waals surface area contributed by atoms with Gasteiger partial charge in [0.1, 0.15) is 0 Å². The third kappa shape index (κ3) is 4.79. The van der Waals surface area contributed by atoms with E-state index < -0.39 is 11.8 Å². The number of hydrogen-bond acceptors (Lipinski definition) is 4. The van der Waals surface area contributed by atoms with Crippen molar-refractivity contribution in [1.82, 2.24) is 4.98 Å². The fourth-order valence-electron chi connectivity index (χ4n) is 2.57. The molecule has 0 aliphatic carbocycles. The maximum atomic E-state index is 12.1. The third-order valence-electron chi connectivity index (χ3n) is 3.88. The summed E-state index contributed by atoms with van der Waals surface area (Å²) in [6.45, 7) is 9.02. The van der Waals surface area contributed by atoms with Crippen molar-refractivity contribution >= 4 is 28.9 Å². The molecule has 2 amide bonds. The van der Waals surface area contributed by atoms with Gasteiger partial charge in [-0.2, -0.15) is 0 Å². The molecule has 6 nitrogen and oxygen atoms in total. The van der Waals surface area contributed by atoms with Gasteiger partial charge in [0.15, 0.2) is 0 Å². The number of nitrogens with one attached hydrogen (secondary N) is 2. The van der Waals surface area contributed by atoms with Crippen molar-refractivity contribution in [3.8, 4) is 0 Å². The summed E-state index contributed by atoms with van der Waals surface area (Å²) in [5.41, 5.74) is 2.83. The van der Waals surface area contributed by atoms with Crippen LogP contribution in [0.3, 0.4) is 0 Å². The molecule has 1 aromatic heterocycles. The first-order chi connectivity index (χ1) is 11.9. The Morgan fingerprint density at radius 3 is 2.28 bits per heavy atom. The van der Waals surface area contributed by atoms with Crippen LogP contribution in [0.4, 0.5) is 17.1 Å². The highest BCUT2D eigenvalue weighted by Crippen LogP contribution is 2.20. The number of pyridine rings is 1. The van der Waals surface area contributed by atoms with Crippen LogP contribution in [0.1, 0.15) is 26.5 Å². The molecule has 0 unspecified atom stereocenters. The van der Waals surface area contributed by atoms with Gasteiger partial charge in [-0.25, -0.2) is 0 Å². The molecule has 0 spiro atoms. The van der Waals surface area contributed by atoms with Crippen molar-refractivity contribution in [2.75, 3.05) is 22.1 Å². The number of aryl methyl sites for hydroxylation is 1. The van der Waals surface area contributed by atoms with E-state index in [1.807, 2.05) is 12.1 Å². The molecular formula is C19H24N4O2. The van der Waals surface area contributed by atoms with Gasteiger partial charge in [0.2, 0.25) is 0 Å². The Kier molecular flexibility index (Phi) is 6.11. The second kappa shape index (κ2) is 8.28. The highest BCUT2D eigenvalue weighted by Gasteiger charge is 2.15. The van der Waals surface area contributed by atoms with Crippen LogP contribution in [0.2, 0.25) is 0 Å². The van der Waals surface area contributed by atoms with E-state index in [1.165, 1.54) is 0 Å². The number of aromatic nitrogens is 1. The fraction of sp³-hybridized carbons (Fsp3) is 0.316. The fourth-order valence-corrected chi connectivity index (χ4v) is 2.57. The largest absolute Gasteiger partial charge is 0.369 e. The van der Waals surface area contributed by atoms with E-state index in [0.29, 0.717) is 23.1 Å². The molecule has 0 aliphatic heterocycles. The molecule has 0 fully saturated rings. The molecule has 1 heterocycles. The Bertz CT molecular complexity index is 741. The predicted octanol–water partition coefficient (Wildman–Crippen LogP) is 3.20. The van der Waals surface area contributed by atoms with Crippen molar-refractivity contribution < 1.29 is 9.59 Å². The Labute approximate surface area is 148 Å². The van der Waals surface area contributed by atoms with E-state index in [2.05, 4.69) is 41.3 Å². The van der Waals surface area contributed by atoms with Gasteiger partial charge in [0.05, 0.1) is 11.4 Å². The average Bonchev–Trinajstić information content (AvgIpc) is 2.58. The monoisotopic (exact) mass is 340 g/mol. The second-order valence-corrected chi connectivity index (χ2v) is 5.97. The smallest absolute Gasteiger partial charge is 0.314 e. The van der Waals surface area contributed by atoms with E-state index in [1.54, 1.807) is 37.4 Å². The van der Waals surface area contributed by atoms with Gasteiger partial charge in [0.25, 0.3) is 0 Å². The second-order valence-electron chi connectivity index (χ2n) is 5.97. The number of benzene rings is 1. The first-order valence-corrected chi connectivity index (χ1v) is 8.33. The SMILES string of the molecule is CCN(c1ccc(NC(=O)C(=O)Nc2cccnc2C)cc1)C(C)C. The molecule has 0 bridgehead atoms. The van der Waals surface area contributed by atoms with E-state index in [0.717, 1.165) is 12.2 Å². The standard InChI is InChI=1S/C19H24N4O2/c1-5-23(13(2)3)16-10-8-15(9-11-16)21-18(24)19(25)22-17-7-6-12-20-14(17)4/h6-13H,5H2,1-4H3,(H,21,24)(H,22,25). The van der Waals surface area contributed by atoms with Crippen molar-refractivity contribution in [3.05, 3.63) is 48.3 Å². The normalized spacial score (nSPS) is 10.4. The van der Waals surface area contributed by atoms with Crippen LogP contribution in [0, 0.1) is 6.92 Å². The zero-order chi connectivity index (χ0) is 18.4. The summed E-state index contributed by atoms with van der Waals surface area (Å²) in [6.07, 6.45) is 1.63. The average molecular weight is 340 g/mol. The van der Waals surface area contributed by atoms with Crippen molar-refractivity contribution in [2.45, 2.75) is 33.7 Å². The summed E-state index contributed by atoms with van der Waals surface area (Å²) in [5, 5.41) is 5.17. The lowest BCUT2D eigenvalue weighted by Gasteiger charge is -2.27. The van der Waals surface area contributed by atoms with Gasteiger partial charge in [0, 0.05) is 30.2 Å². The maximum Gasteiger partial charge on any atom is 0.314 e. The van der Waals surface area contributed by atoms with Crippen LogP contribution >= 0.6 is 0 Å². The van der Waals surface area contributed by atoms with Gasteiger partial charge < -0.3 is 15.5 Å². The van der Waals surface area contributed by atoms with Crippen LogP contribution in [-0.4, -0.2) is 29.4 Å².